The van der Waals surface area contributed by atoms with E-state index in [0.717, 1.165) is 12.1 Å². The summed E-state index contributed by atoms with van der Waals surface area (Å²) in [5.41, 5.74) is 0.620. The van der Waals surface area contributed by atoms with E-state index in [9.17, 15) is 26.4 Å². The lowest BCUT2D eigenvalue weighted by atomic mass is 10.2. The third-order valence-electron chi connectivity index (χ3n) is 3.96. The van der Waals surface area contributed by atoms with E-state index in [0.29, 0.717) is 11.3 Å². The van der Waals surface area contributed by atoms with Crippen LogP contribution < -0.4 is 10.6 Å². The molecule has 0 fully saturated rings. The number of alkyl halides is 3. The maximum atomic E-state index is 12.5. The number of anilines is 2. The Bertz CT molecular complexity index is 924. The van der Waals surface area contributed by atoms with E-state index in [4.69, 9.17) is 0 Å². The fourth-order valence-electron chi connectivity index (χ4n) is 2.30. The van der Waals surface area contributed by atoms with E-state index in [1.165, 1.54) is 12.1 Å². The van der Waals surface area contributed by atoms with E-state index in [-0.39, 0.29) is 18.0 Å². The zero-order valence-electron chi connectivity index (χ0n) is 15.4. The van der Waals surface area contributed by atoms with Gasteiger partial charge in [-0.1, -0.05) is 12.1 Å². The van der Waals surface area contributed by atoms with E-state index >= 15 is 0 Å². The molecule has 0 aliphatic rings. The molecular weight excluding hydrogens is 393 g/mol. The number of benzene rings is 2. The number of hydrogen-bond acceptors (Lipinski definition) is 4. The lowest BCUT2D eigenvalue weighted by Crippen LogP contribution is -2.22. The summed E-state index contributed by atoms with van der Waals surface area (Å²) in [7, 11) is -3.24. The lowest BCUT2D eigenvalue weighted by Gasteiger charge is -2.11. The van der Waals surface area contributed by atoms with E-state index in [1.807, 2.05) is 0 Å². The molecule has 2 aromatic carbocycles. The highest BCUT2D eigenvalue weighted by Gasteiger charge is 2.29. The van der Waals surface area contributed by atoms with Crippen LogP contribution in [-0.2, 0) is 26.6 Å². The number of amides is 1. The Balaban J connectivity index is 1.93. The maximum absolute atomic E-state index is 12.5. The quantitative estimate of drug-likeness (QED) is 0.716. The highest BCUT2D eigenvalue weighted by molar-refractivity contribution is 7.91. The fraction of sp³-hybridized carbons (Fsp3) is 0.316. The Hall–Kier alpha value is -2.55. The summed E-state index contributed by atoms with van der Waals surface area (Å²) in [5.74, 6) is -0.544. The SMILES string of the molecule is CC(C)S(=O)(=O)Cc1cccc(NCC(=O)Nc2ccc(C(F)(F)F)cc2)c1. The molecule has 0 aromatic heterocycles. The predicted octanol–water partition coefficient (Wildman–Crippen LogP) is 4.08. The monoisotopic (exact) mass is 414 g/mol. The largest absolute Gasteiger partial charge is 0.416 e. The Labute approximate surface area is 161 Å². The van der Waals surface area contributed by atoms with Gasteiger partial charge in [-0.3, -0.25) is 4.79 Å². The molecule has 1 amide bonds. The van der Waals surface area contributed by atoms with E-state index in [1.54, 1.807) is 38.1 Å². The van der Waals surface area contributed by atoms with Gasteiger partial charge in [-0.25, -0.2) is 8.42 Å². The van der Waals surface area contributed by atoms with Crippen LogP contribution in [0.4, 0.5) is 24.5 Å². The number of nitrogens with one attached hydrogen (secondary N) is 2. The van der Waals surface area contributed by atoms with Crippen LogP contribution in [0.3, 0.4) is 0 Å². The number of sulfone groups is 1. The van der Waals surface area contributed by atoms with E-state index < -0.39 is 32.7 Å². The first kappa shape index (κ1) is 21.7. The summed E-state index contributed by atoms with van der Waals surface area (Å²) >= 11 is 0. The van der Waals surface area contributed by atoms with Gasteiger partial charge in [0, 0.05) is 11.4 Å². The molecule has 2 rings (SSSR count). The third kappa shape index (κ3) is 6.26. The fourth-order valence-corrected chi connectivity index (χ4v) is 3.28. The topological polar surface area (TPSA) is 75.3 Å². The van der Waals surface area contributed by atoms with Gasteiger partial charge in [-0.2, -0.15) is 13.2 Å². The predicted molar refractivity (Wildman–Crippen MR) is 103 cm³/mol. The zero-order chi connectivity index (χ0) is 20.9. The average Bonchev–Trinajstić information content (AvgIpc) is 2.59. The standard InChI is InChI=1S/C19H21F3N2O3S/c1-13(2)28(26,27)12-14-4-3-5-17(10-14)23-11-18(25)24-16-8-6-15(7-9-16)19(20,21)22/h3-10,13,23H,11-12H2,1-2H3,(H,24,25). The number of halogens is 3. The highest BCUT2D eigenvalue weighted by Crippen LogP contribution is 2.29. The molecule has 0 saturated heterocycles. The van der Waals surface area contributed by atoms with Crippen molar-refractivity contribution in [2.24, 2.45) is 0 Å². The second-order valence-electron chi connectivity index (χ2n) is 6.53. The van der Waals surface area contributed by atoms with Crippen LogP contribution >= 0.6 is 0 Å². The van der Waals surface area contributed by atoms with Crippen molar-refractivity contribution >= 4 is 27.1 Å². The van der Waals surface area contributed by atoms with Crippen molar-refractivity contribution in [3.63, 3.8) is 0 Å². The van der Waals surface area contributed by atoms with E-state index in [2.05, 4.69) is 10.6 Å². The van der Waals surface area contributed by atoms with Gasteiger partial charge >= 0.3 is 6.18 Å². The molecular formula is C19H21F3N2O3S. The van der Waals surface area contributed by atoms with Crippen LogP contribution in [-0.4, -0.2) is 26.1 Å². The molecule has 5 nitrogen and oxygen atoms in total. The second kappa shape index (κ2) is 8.64. The Morgan fingerprint density at radius 3 is 2.25 bits per heavy atom. The third-order valence-corrected chi connectivity index (χ3v) is 6.13. The molecule has 0 radical (unpaired) electrons. The summed E-state index contributed by atoms with van der Waals surface area (Å²) in [6, 6.07) is 10.8. The molecule has 0 spiro atoms. The first-order valence-electron chi connectivity index (χ1n) is 8.49. The minimum atomic E-state index is -4.43. The molecule has 0 saturated carbocycles. The van der Waals surface area contributed by atoms with Crippen LogP contribution in [0.15, 0.2) is 48.5 Å². The molecule has 2 N–H and O–H groups in total. The summed E-state index contributed by atoms with van der Waals surface area (Å²) in [4.78, 5) is 12.0. The molecule has 9 heteroatoms. The molecule has 0 heterocycles. The number of hydrogen-bond donors (Lipinski definition) is 2. The maximum Gasteiger partial charge on any atom is 0.416 e. The van der Waals surface area contributed by atoms with Gasteiger partial charge in [0.25, 0.3) is 0 Å². The highest BCUT2D eigenvalue weighted by atomic mass is 32.2. The molecule has 0 aliphatic heterocycles. The minimum Gasteiger partial charge on any atom is -0.376 e. The van der Waals surface area contributed by atoms with Crippen LogP contribution in [0.5, 0.6) is 0 Å². The molecule has 0 bridgehead atoms. The van der Waals surface area contributed by atoms with Gasteiger partial charge in [-0.05, 0) is 55.8 Å². The van der Waals surface area contributed by atoms with Crippen molar-refractivity contribution in [2.75, 3.05) is 17.2 Å². The summed E-state index contributed by atoms with van der Waals surface area (Å²) in [5, 5.41) is 4.88. The normalized spacial score (nSPS) is 12.1. The summed E-state index contributed by atoms with van der Waals surface area (Å²) in [6.45, 7) is 3.10. The lowest BCUT2D eigenvalue weighted by molar-refractivity contribution is -0.137. The molecule has 2 aromatic rings. The van der Waals surface area contributed by atoms with Gasteiger partial charge in [0.05, 0.1) is 23.1 Å². The number of carbonyl (C=O) groups is 1. The molecule has 152 valence electrons. The number of rotatable bonds is 7. The Kier molecular flexibility index (Phi) is 6.71. The van der Waals surface area contributed by atoms with Crippen LogP contribution in [0.25, 0.3) is 0 Å². The summed E-state index contributed by atoms with van der Waals surface area (Å²) in [6.07, 6.45) is -4.43. The average molecular weight is 414 g/mol. The minimum absolute atomic E-state index is 0.0993. The van der Waals surface area contributed by atoms with Crippen molar-refractivity contribution < 1.29 is 26.4 Å². The Morgan fingerprint density at radius 2 is 1.68 bits per heavy atom. The molecule has 28 heavy (non-hydrogen) atoms. The van der Waals surface area contributed by atoms with Gasteiger partial charge in [0.15, 0.2) is 9.84 Å². The second-order valence-corrected chi connectivity index (χ2v) is 9.09. The zero-order valence-corrected chi connectivity index (χ0v) is 16.2. The summed E-state index contributed by atoms with van der Waals surface area (Å²) < 4.78 is 61.6. The first-order chi connectivity index (χ1) is 13.0. The van der Waals surface area contributed by atoms with Gasteiger partial charge in [0.1, 0.15) is 0 Å². The molecule has 0 unspecified atom stereocenters. The molecule has 0 aliphatic carbocycles. The van der Waals surface area contributed by atoms with Gasteiger partial charge in [-0.15, -0.1) is 0 Å². The van der Waals surface area contributed by atoms with Crippen molar-refractivity contribution in [1.82, 2.24) is 0 Å². The van der Waals surface area contributed by atoms with Crippen LogP contribution in [0.1, 0.15) is 25.0 Å². The van der Waals surface area contributed by atoms with Crippen molar-refractivity contribution in [3.8, 4) is 0 Å². The smallest absolute Gasteiger partial charge is 0.376 e. The molecule has 0 atom stereocenters. The Morgan fingerprint density at radius 1 is 1.04 bits per heavy atom. The van der Waals surface area contributed by atoms with Crippen molar-refractivity contribution in [2.45, 2.75) is 31.0 Å². The van der Waals surface area contributed by atoms with Crippen LogP contribution in [0, 0.1) is 0 Å². The van der Waals surface area contributed by atoms with Gasteiger partial charge < -0.3 is 10.6 Å². The van der Waals surface area contributed by atoms with Crippen molar-refractivity contribution in [3.05, 3.63) is 59.7 Å². The number of carbonyl (C=O) groups excluding carboxylic acids is 1. The van der Waals surface area contributed by atoms with Gasteiger partial charge in [0.2, 0.25) is 5.91 Å². The van der Waals surface area contributed by atoms with Crippen LogP contribution in [0.2, 0.25) is 0 Å². The first-order valence-corrected chi connectivity index (χ1v) is 10.2. The van der Waals surface area contributed by atoms with Crippen molar-refractivity contribution in [1.29, 1.82) is 0 Å².